The van der Waals surface area contributed by atoms with Crippen LogP contribution in [0.5, 0.6) is 5.75 Å². The molecule has 6 aliphatic heterocycles. The van der Waals surface area contributed by atoms with E-state index >= 15 is 0 Å². The second kappa shape index (κ2) is 15.3. The number of likely N-dealkylation sites (tertiary alicyclic amines) is 2. The monoisotopic (exact) mass is 868 g/mol. The summed E-state index contributed by atoms with van der Waals surface area (Å²) in [6.45, 7) is 6.55. The van der Waals surface area contributed by atoms with E-state index in [0.29, 0.717) is 47.5 Å². The van der Waals surface area contributed by atoms with Gasteiger partial charge in [-0.3, -0.25) is 34.0 Å². The molecule has 63 heavy (non-hydrogen) atoms. The molecule has 3 aromatic carbocycles. The molecule has 4 aromatic rings. The Morgan fingerprint density at radius 2 is 1.65 bits per heavy atom. The summed E-state index contributed by atoms with van der Waals surface area (Å²) in [6.07, 6.45) is 15.8. The molecule has 1 aromatic heterocycles. The molecule has 0 bridgehead atoms. The standard InChI is InChI=1S/C51H57ClN6O5/c52-39-7-4-8-40-44(39)47(61)54-49-51(19-2-1-3-20-51)37-15-11-32(26-42(37)58(40)49)33-6-5-23-56(28-33)34-12-9-31(10-13-34)27-55-24-21-50(22-25-55)30-63-45-36-29-57(41-17-18-43(59)53-46(41)60)48(62)35(36)14-16-38(45)50/h4,7-8,11,14-16,26,31,33-34,41H,1-3,5-6,9-10,12-13,17-25,27-30H2,(H,53,59,60)/t31?,33-,34?,41-/m0/s1. The number of hydrogen-bond donors (Lipinski definition) is 1. The van der Waals surface area contributed by atoms with Crippen LogP contribution in [0.15, 0.2) is 53.3 Å². The Morgan fingerprint density at radius 3 is 2.46 bits per heavy atom. The lowest BCUT2D eigenvalue weighted by Crippen LogP contribution is -2.52. The highest BCUT2D eigenvalue weighted by atomic mass is 35.5. The molecule has 2 atom stereocenters. The van der Waals surface area contributed by atoms with Crippen LogP contribution >= 0.6 is 11.6 Å². The van der Waals surface area contributed by atoms with Gasteiger partial charge in [-0.2, -0.15) is 4.98 Å². The lowest BCUT2D eigenvalue weighted by Gasteiger charge is -2.43. The largest absolute Gasteiger partial charge is 0.492 e. The number of hydrogen-bond acceptors (Lipinski definition) is 8. The molecule has 0 unspecified atom stereocenters. The number of rotatable bonds is 5. The molecule has 5 fully saturated rings. The number of aromatic nitrogens is 2. The molecular weight excluding hydrogens is 812 g/mol. The number of carbonyl (C=O) groups excluding carboxylic acids is 3. The molecule has 3 saturated heterocycles. The third-order valence-electron chi connectivity index (χ3n) is 17.1. The molecule has 2 spiro atoms. The van der Waals surface area contributed by atoms with E-state index in [1.807, 2.05) is 18.2 Å². The van der Waals surface area contributed by atoms with E-state index in [0.717, 1.165) is 93.3 Å². The highest BCUT2D eigenvalue weighted by Gasteiger charge is 2.49. The van der Waals surface area contributed by atoms with Crippen molar-refractivity contribution in [3.8, 4) is 11.4 Å². The number of amides is 3. The summed E-state index contributed by atoms with van der Waals surface area (Å²) in [4.78, 5) is 63.3. The molecule has 1 N–H and O–H groups in total. The maximum Gasteiger partial charge on any atom is 0.282 e. The highest BCUT2D eigenvalue weighted by Crippen LogP contribution is 2.53. The van der Waals surface area contributed by atoms with Crippen molar-refractivity contribution in [2.24, 2.45) is 5.92 Å². The van der Waals surface area contributed by atoms with Crippen molar-refractivity contribution in [1.82, 2.24) is 29.6 Å². The van der Waals surface area contributed by atoms with Gasteiger partial charge in [-0.15, -0.1) is 0 Å². The quantitative estimate of drug-likeness (QED) is 0.205. The number of fused-ring (bicyclic) bond motifs is 11. The molecule has 12 heteroatoms. The minimum Gasteiger partial charge on any atom is -0.492 e. The fourth-order valence-electron chi connectivity index (χ4n) is 13.7. The first kappa shape index (κ1) is 40.0. The Kier molecular flexibility index (Phi) is 9.69. The first-order valence-corrected chi connectivity index (χ1v) is 24.3. The average Bonchev–Trinajstić information content (AvgIpc) is 3.92. The number of imide groups is 1. The SMILES string of the molecule is O=C1CC[C@H](N2Cc3c(ccc4c3OCC43CCN(CC4CCC(N5CCC[C@H](c6ccc7c(c6)-n6c(nc(=O)c8c(Cl)cccc86)C76CCCCC6)C5)CC4)CC3)C2=O)C(=O)N1. The Bertz CT molecular complexity index is 2620. The van der Waals surface area contributed by atoms with E-state index in [-0.39, 0.29) is 40.5 Å². The molecule has 12 rings (SSSR count). The van der Waals surface area contributed by atoms with Gasteiger partial charge in [0.05, 0.1) is 40.2 Å². The molecule has 3 amide bonds. The number of ether oxygens (including phenoxy) is 1. The van der Waals surface area contributed by atoms with Gasteiger partial charge in [-0.05, 0) is 137 Å². The van der Waals surface area contributed by atoms with Crippen LogP contribution in [-0.2, 0) is 27.0 Å². The van der Waals surface area contributed by atoms with Crippen molar-refractivity contribution < 1.29 is 19.1 Å². The first-order chi connectivity index (χ1) is 30.7. The number of nitrogens with one attached hydrogen (secondary N) is 1. The van der Waals surface area contributed by atoms with Crippen LogP contribution in [0, 0.1) is 5.92 Å². The van der Waals surface area contributed by atoms with Crippen LogP contribution in [0.3, 0.4) is 0 Å². The van der Waals surface area contributed by atoms with E-state index < -0.39 is 6.04 Å². The second-order valence-electron chi connectivity index (χ2n) is 20.4. The average molecular weight is 870 g/mol. The predicted molar refractivity (Wildman–Crippen MR) is 241 cm³/mol. The molecule has 7 heterocycles. The van der Waals surface area contributed by atoms with Gasteiger partial charge >= 0.3 is 0 Å². The fourth-order valence-corrected chi connectivity index (χ4v) is 13.9. The smallest absolute Gasteiger partial charge is 0.282 e. The van der Waals surface area contributed by atoms with Gasteiger partial charge in [0.1, 0.15) is 17.6 Å². The topological polar surface area (TPSA) is 117 Å². The van der Waals surface area contributed by atoms with Gasteiger partial charge in [0.25, 0.3) is 11.5 Å². The zero-order valence-electron chi connectivity index (χ0n) is 36.1. The molecule has 2 aliphatic carbocycles. The molecule has 2 saturated carbocycles. The van der Waals surface area contributed by atoms with E-state index in [4.69, 9.17) is 21.3 Å². The summed E-state index contributed by atoms with van der Waals surface area (Å²) >= 11 is 6.66. The van der Waals surface area contributed by atoms with Crippen LogP contribution in [-0.4, -0.2) is 93.4 Å². The number of nitrogens with zero attached hydrogens (tertiary/aromatic N) is 5. The summed E-state index contributed by atoms with van der Waals surface area (Å²) in [6, 6.07) is 17.1. The Balaban J connectivity index is 0.685. The van der Waals surface area contributed by atoms with Crippen molar-refractivity contribution in [3.05, 3.63) is 97.5 Å². The maximum absolute atomic E-state index is 13.5. The van der Waals surface area contributed by atoms with Gasteiger partial charge in [0.2, 0.25) is 11.8 Å². The van der Waals surface area contributed by atoms with Gasteiger partial charge < -0.3 is 14.5 Å². The number of halogens is 1. The predicted octanol–water partition coefficient (Wildman–Crippen LogP) is 7.53. The minimum absolute atomic E-state index is 0.0363. The first-order valence-electron chi connectivity index (χ1n) is 24.0. The van der Waals surface area contributed by atoms with Gasteiger partial charge in [-0.25, -0.2) is 0 Å². The van der Waals surface area contributed by atoms with Crippen LogP contribution in [0.2, 0.25) is 5.02 Å². The molecule has 328 valence electrons. The zero-order valence-corrected chi connectivity index (χ0v) is 36.9. The third kappa shape index (κ3) is 6.37. The van der Waals surface area contributed by atoms with Crippen molar-refractivity contribution in [3.63, 3.8) is 0 Å². The number of carbonyl (C=O) groups is 3. The van der Waals surface area contributed by atoms with E-state index in [1.54, 1.807) is 11.0 Å². The minimum atomic E-state index is -0.622. The second-order valence-corrected chi connectivity index (χ2v) is 20.8. The normalized spacial score (nSPS) is 27.6. The van der Waals surface area contributed by atoms with Crippen molar-refractivity contribution >= 4 is 40.2 Å². The van der Waals surface area contributed by atoms with Crippen molar-refractivity contribution in [2.45, 2.75) is 132 Å². The Morgan fingerprint density at radius 1 is 0.841 bits per heavy atom. The number of piperidine rings is 3. The van der Waals surface area contributed by atoms with E-state index in [2.05, 4.69) is 43.9 Å². The summed E-state index contributed by atoms with van der Waals surface area (Å²) in [7, 11) is 0. The van der Waals surface area contributed by atoms with Crippen molar-refractivity contribution in [2.75, 3.05) is 39.3 Å². The Labute approximate surface area is 373 Å². The molecular formula is C51H57ClN6O5. The highest BCUT2D eigenvalue weighted by molar-refractivity contribution is 6.35. The Hall–Kier alpha value is -4.58. The van der Waals surface area contributed by atoms with Crippen LogP contribution < -0.4 is 15.6 Å². The van der Waals surface area contributed by atoms with Crippen LogP contribution in [0.25, 0.3) is 16.6 Å². The van der Waals surface area contributed by atoms with Crippen molar-refractivity contribution in [1.29, 1.82) is 0 Å². The fraction of sp³-hybridized carbons (Fsp3) is 0.549. The zero-order chi connectivity index (χ0) is 42.6. The van der Waals surface area contributed by atoms with E-state index in [9.17, 15) is 19.2 Å². The van der Waals surface area contributed by atoms with Crippen LogP contribution in [0.1, 0.15) is 141 Å². The summed E-state index contributed by atoms with van der Waals surface area (Å²) in [5.41, 5.74) is 7.13. The summed E-state index contributed by atoms with van der Waals surface area (Å²) < 4.78 is 8.76. The molecule has 8 aliphatic rings. The third-order valence-corrected chi connectivity index (χ3v) is 17.4. The van der Waals surface area contributed by atoms with E-state index in [1.165, 1.54) is 73.9 Å². The van der Waals surface area contributed by atoms with Gasteiger partial charge in [0, 0.05) is 47.7 Å². The molecule has 0 radical (unpaired) electrons. The summed E-state index contributed by atoms with van der Waals surface area (Å²) in [5, 5.41) is 3.41. The summed E-state index contributed by atoms with van der Waals surface area (Å²) in [5.74, 6) is 2.17. The lowest BCUT2D eigenvalue weighted by atomic mass is 9.69. The number of benzene rings is 3. The van der Waals surface area contributed by atoms with Crippen LogP contribution in [0.4, 0.5) is 0 Å². The molecule has 11 nitrogen and oxygen atoms in total. The van der Waals surface area contributed by atoms with Gasteiger partial charge in [0.15, 0.2) is 0 Å². The lowest BCUT2D eigenvalue weighted by molar-refractivity contribution is -0.136. The maximum atomic E-state index is 13.5. The van der Waals surface area contributed by atoms with Gasteiger partial charge in [-0.1, -0.05) is 55.1 Å².